The number of amides is 2. The van der Waals surface area contributed by atoms with Crippen molar-refractivity contribution in [2.24, 2.45) is 11.8 Å². The summed E-state index contributed by atoms with van der Waals surface area (Å²) in [7, 11) is 0. The van der Waals surface area contributed by atoms with E-state index in [1.807, 2.05) is 0 Å². The number of carboxylic acids is 1. The van der Waals surface area contributed by atoms with Gasteiger partial charge < -0.3 is 47.3 Å². The number of aromatic nitrogens is 2. The summed E-state index contributed by atoms with van der Waals surface area (Å²) < 4.78 is 7.77. The third kappa shape index (κ3) is 12.3. The van der Waals surface area contributed by atoms with Crippen molar-refractivity contribution in [1.82, 2.24) is 19.8 Å². The third-order valence-electron chi connectivity index (χ3n) is 8.12. The van der Waals surface area contributed by atoms with Gasteiger partial charge in [0.1, 0.15) is 35.7 Å². The van der Waals surface area contributed by atoms with Crippen LogP contribution in [0.25, 0.3) is 21.8 Å². The molecular weight excluding hydrogens is 1070 g/mol. The van der Waals surface area contributed by atoms with E-state index >= 15 is 0 Å². The third-order valence-corrected chi connectivity index (χ3v) is 8.12. The van der Waals surface area contributed by atoms with Crippen LogP contribution in [0.15, 0.2) is 58.1 Å². The van der Waals surface area contributed by atoms with E-state index in [2.05, 4.69) is 70.6 Å². The number of ether oxygens (including phenoxy) is 1. The van der Waals surface area contributed by atoms with Crippen LogP contribution in [-0.2, 0) is 32.3 Å². The number of rotatable bonds is 11. The predicted octanol–water partition coefficient (Wildman–Crippen LogP) is 5.45. The van der Waals surface area contributed by atoms with E-state index in [1.54, 1.807) is 55.5 Å². The Hall–Kier alpha value is -2.89. The maximum atomic E-state index is 12.8. The number of nitrogens with zero attached hydrogens (tertiary/aromatic N) is 2. The zero-order chi connectivity index (χ0) is 38.1. The molecule has 2 fully saturated rings. The first-order valence-electron chi connectivity index (χ1n) is 16.1. The molecular formula is C35H39I3N4O10V-. The van der Waals surface area contributed by atoms with Crippen molar-refractivity contribution in [3.05, 3.63) is 87.8 Å². The summed E-state index contributed by atoms with van der Waals surface area (Å²) >= 11 is 7.39. The van der Waals surface area contributed by atoms with E-state index in [0.717, 1.165) is 25.7 Å². The number of aliphatic carboxylic acids is 1. The molecule has 2 aliphatic rings. The molecule has 0 aliphatic heterocycles. The number of hydrogen-bond acceptors (Lipinski definition) is 9. The van der Waals surface area contributed by atoms with Crippen molar-refractivity contribution >= 4 is 105 Å². The number of halogens is 3. The number of para-hydroxylation sites is 2. The van der Waals surface area contributed by atoms with Gasteiger partial charge in [-0.2, -0.15) is 0 Å². The maximum absolute atomic E-state index is 12.8. The van der Waals surface area contributed by atoms with Gasteiger partial charge in [-0.05, 0) is 68.7 Å². The van der Waals surface area contributed by atoms with Crippen molar-refractivity contribution < 1.29 is 44.2 Å². The van der Waals surface area contributed by atoms with Gasteiger partial charge in [-0.25, -0.2) is 0 Å². The van der Waals surface area contributed by atoms with Gasteiger partial charge in [0.05, 0.1) is 17.6 Å². The van der Waals surface area contributed by atoms with Crippen LogP contribution >= 0.6 is 59.9 Å². The summed E-state index contributed by atoms with van der Waals surface area (Å²) in [6.45, 7) is 1.88. The quantitative estimate of drug-likeness (QED) is 0.0730. The van der Waals surface area contributed by atoms with Crippen LogP contribution in [0.3, 0.4) is 0 Å². The van der Waals surface area contributed by atoms with Gasteiger partial charge in [-0.15, -0.1) is 0 Å². The molecule has 0 bridgehead atoms. The zero-order valence-electron chi connectivity index (χ0n) is 28.8. The molecule has 0 spiro atoms. The molecule has 2 aromatic carbocycles. The number of pyridine rings is 2. The van der Waals surface area contributed by atoms with Crippen LogP contribution in [0.5, 0.6) is 11.5 Å². The summed E-state index contributed by atoms with van der Waals surface area (Å²) in [5, 5.41) is 34.7. The number of nitrogens with one attached hydrogen (secondary N) is 2. The van der Waals surface area contributed by atoms with Crippen LogP contribution in [0.2, 0.25) is 0 Å². The summed E-state index contributed by atoms with van der Waals surface area (Å²) in [4.78, 5) is 71.7. The topological polar surface area (TPSA) is 206 Å². The molecule has 5 N–H and O–H groups in total. The predicted molar refractivity (Wildman–Crippen MR) is 223 cm³/mol. The van der Waals surface area contributed by atoms with Crippen LogP contribution < -0.4 is 21.8 Å². The van der Waals surface area contributed by atoms with E-state index in [9.17, 15) is 39.0 Å². The molecule has 53 heavy (non-hydrogen) atoms. The van der Waals surface area contributed by atoms with E-state index in [1.165, 1.54) is 9.13 Å². The molecule has 2 heterocycles. The Morgan fingerprint density at radius 3 is 1.49 bits per heavy atom. The Morgan fingerprint density at radius 2 is 1.13 bits per heavy atom. The zero-order valence-corrected chi connectivity index (χ0v) is 36.7. The van der Waals surface area contributed by atoms with Crippen molar-refractivity contribution in [2.75, 3.05) is 19.7 Å². The van der Waals surface area contributed by atoms with Gasteiger partial charge >= 0.3 is 76.8 Å². The first kappa shape index (κ1) is 44.5. The Labute approximate surface area is 342 Å². The van der Waals surface area contributed by atoms with E-state index in [4.69, 9.17) is 9.84 Å². The van der Waals surface area contributed by atoms with Crippen LogP contribution in [-0.4, -0.2) is 67.9 Å². The second-order valence-electron chi connectivity index (χ2n) is 12.0. The SMILES string of the molecule is CCOC(=O)CNC(=O)c1c(O)c2ccccc2n(CC2CC2)c1=O.O=C(O)CNC(=O)c1c(O)c2ccccc2n(CC2CC2)c1=O.[CH3-].[I][V]([I])[I]. The first-order chi connectivity index (χ1) is 24.7. The number of carbonyl (C=O) groups excluding carboxylic acids is 3. The van der Waals surface area contributed by atoms with Gasteiger partial charge in [0.25, 0.3) is 22.9 Å². The summed E-state index contributed by atoms with van der Waals surface area (Å²) in [6, 6.07) is 13.7. The van der Waals surface area contributed by atoms with E-state index < -0.39 is 52.7 Å². The average molecular weight is 1110 g/mol. The number of benzene rings is 2. The average Bonchev–Trinajstić information content (AvgIpc) is 4.04. The van der Waals surface area contributed by atoms with Gasteiger partial charge in [0.2, 0.25) is 0 Å². The number of carbonyl (C=O) groups is 4. The minimum atomic E-state index is -1.23. The molecule has 2 aromatic heterocycles. The number of aromatic hydroxyl groups is 2. The standard InChI is InChI=1S/C18H20N2O5.C16H16N2O5.CH3.3HI.V/c1-2-25-14(21)9-19-17(23)15-16(22)12-5-3-4-6-13(12)20(18(15)24)10-11-7-8-11;19-12(20)7-17-15(22)13-14(21)10-3-1-2-4-11(10)18(16(13)23)8-9-5-6-9;;;;;/h3-6,11,22H,2,7-10H2,1H3,(H,19,23);1-4,9,21H,5-8H2,(H,17,22)(H,19,20);1H3;3*1H;/q;;-1;;;;+3/p-3. The van der Waals surface area contributed by atoms with Crippen molar-refractivity contribution in [1.29, 1.82) is 0 Å². The second kappa shape index (κ2) is 20.7. The molecule has 0 unspecified atom stereocenters. The number of hydrogen-bond donors (Lipinski definition) is 5. The fraction of sp³-hybridized carbons (Fsp3) is 0.343. The molecule has 18 heteroatoms. The van der Waals surface area contributed by atoms with E-state index in [0.29, 0.717) is 46.7 Å². The fourth-order valence-electron chi connectivity index (χ4n) is 5.37. The molecule has 2 aliphatic carbocycles. The molecule has 0 atom stereocenters. The number of fused-ring (bicyclic) bond motifs is 2. The van der Waals surface area contributed by atoms with Crippen molar-refractivity contribution in [2.45, 2.75) is 45.7 Å². The summed E-state index contributed by atoms with van der Waals surface area (Å²) in [6.07, 6.45) is 4.16. The van der Waals surface area contributed by atoms with Crippen LogP contribution in [0.4, 0.5) is 0 Å². The minimum absolute atomic E-state index is 0. The summed E-state index contributed by atoms with van der Waals surface area (Å²) in [5.41, 5.74) is -0.745. The van der Waals surface area contributed by atoms with Gasteiger partial charge in [-0.1, -0.05) is 24.3 Å². The van der Waals surface area contributed by atoms with E-state index in [-0.39, 0.29) is 36.8 Å². The Balaban J connectivity index is 0.000000256. The first-order valence-corrected chi connectivity index (χ1v) is 29.7. The van der Waals surface area contributed by atoms with Crippen molar-refractivity contribution in [3.63, 3.8) is 0 Å². The Bertz CT molecular complexity index is 2100. The molecule has 4 aromatic rings. The summed E-state index contributed by atoms with van der Waals surface area (Å²) in [5.74, 6) is -3.46. The van der Waals surface area contributed by atoms with Gasteiger partial charge in [-0.3, -0.25) is 28.8 Å². The van der Waals surface area contributed by atoms with Crippen LogP contribution in [0, 0.1) is 19.3 Å². The van der Waals surface area contributed by atoms with Crippen LogP contribution in [0.1, 0.15) is 53.3 Å². The monoisotopic (exact) mass is 1110 g/mol. The normalized spacial score (nSPS) is 13.2. The molecule has 6 rings (SSSR count). The molecule has 2 amide bonds. The number of esters is 1. The van der Waals surface area contributed by atoms with Crippen molar-refractivity contribution in [3.8, 4) is 11.5 Å². The fourth-order valence-corrected chi connectivity index (χ4v) is 5.37. The number of carboxylic acid groups (broad SMARTS) is 1. The molecule has 0 radical (unpaired) electrons. The Kier molecular flexibility index (Phi) is 17.4. The molecule has 14 nitrogen and oxygen atoms in total. The molecule has 2 saturated carbocycles. The Morgan fingerprint density at radius 1 is 0.755 bits per heavy atom. The van der Waals surface area contributed by atoms with Gasteiger partial charge in [0, 0.05) is 23.9 Å². The van der Waals surface area contributed by atoms with Gasteiger partial charge in [0.15, 0.2) is 0 Å². The molecule has 0 saturated heterocycles. The second-order valence-corrected chi connectivity index (χ2v) is 47.3. The molecule has 286 valence electrons.